The standard InChI is InChI=1S/C10H21N3O2S/c1-13(2)9(14)4-6-12-10(15)8(11)5-7-16-3/h8H,4-7,11H2,1-3H3,(H,12,15)/t8-/m0/s1. The molecule has 0 aromatic carbocycles. The fourth-order valence-corrected chi connectivity index (χ4v) is 1.51. The predicted molar refractivity (Wildman–Crippen MR) is 67.3 cm³/mol. The predicted octanol–water partition coefficient (Wildman–Crippen LogP) is -0.339. The Morgan fingerprint density at radius 3 is 2.56 bits per heavy atom. The molecule has 0 heterocycles. The highest BCUT2D eigenvalue weighted by Gasteiger charge is 2.12. The molecule has 0 saturated heterocycles. The third kappa shape index (κ3) is 6.68. The summed E-state index contributed by atoms with van der Waals surface area (Å²) < 4.78 is 0. The number of carbonyl (C=O) groups is 2. The molecule has 0 rings (SSSR count). The molecule has 3 N–H and O–H groups in total. The minimum Gasteiger partial charge on any atom is -0.354 e. The van der Waals surface area contributed by atoms with E-state index in [4.69, 9.17) is 5.73 Å². The largest absolute Gasteiger partial charge is 0.354 e. The maximum atomic E-state index is 11.4. The van der Waals surface area contributed by atoms with Gasteiger partial charge in [-0.2, -0.15) is 11.8 Å². The minimum atomic E-state index is -0.470. The van der Waals surface area contributed by atoms with E-state index in [0.29, 0.717) is 19.4 Å². The van der Waals surface area contributed by atoms with Gasteiger partial charge in [-0.3, -0.25) is 9.59 Å². The number of nitrogens with zero attached hydrogens (tertiary/aromatic N) is 1. The minimum absolute atomic E-state index is 0.00187. The third-order valence-corrected chi connectivity index (χ3v) is 2.75. The van der Waals surface area contributed by atoms with Crippen LogP contribution in [0.4, 0.5) is 0 Å². The summed E-state index contributed by atoms with van der Waals surface area (Å²) in [5.74, 6) is 0.684. The normalized spacial score (nSPS) is 12.0. The number of hydrogen-bond acceptors (Lipinski definition) is 4. The van der Waals surface area contributed by atoms with Gasteiger partial charge >= 0.3 is 0 Å². The van der Waals surface area contributed by atoms with Gasteiger partial charge in [0.25, 0.3) is 0 Å². The van der Waals surface area contributed by atoms with Crippen molar-refractivity contribution >= 4 is 23.6 Å². The zero-order chi connectivity index (χ0) is 12.6. The molecule has 0 aliphatic rings. The van der Waals surface area contributed by atoms with Gasteiger partial charge in [0.2, 0.25) is 11.8 Å². The van der Waals surface area contributed by atoms with Gasteiger partial charge in [0.1, 0.15) is 0 Å². The van der Waals surface area contributed by atoms with E-state index in [2.05, 4.69) is 5.32 Å². The molecule has 0 bridgehead atoms. The average molecular weight is 247 g/mol. The van der Waals surface area contributed by atoms with E-state index in [1.807, 2.05) is 6.26 Å². The van der Waals surface area contributed by atoms with Crippen molar-refractivity contribution < 1.29 is 9.59 Å². The van der Waals surface area contributed by atoms with Crippen molar-refractivity contribution in [2.75, 3.05) is 32.6 Å². The molecule has 0 aromatic rings. The maximum absolute atomic E-state index is 11.4. The van der Waals surface area contributed by atoms with Crippen LogP contribution in [0.2, 0.25) is 0 Å². The molecule has 0 aliphatic heterocycles. The van der Waals surface area contributed by atoms with Crippen molar-refractivity contribution in [2.45, 2.75) is 18.9 Å². The lowest BCUT2D eigenvalue weighted by molar-refractivity contribution is -0.128. The molecule has 94 valence electrons. The van der Waals surface area contributed by atoms with Crippen molar-refractivity contribution in [3.8, 4) is 0 Å². The number of thioether (sulfide) groups is 1. The van der Waals surface area contributed by atoms with Crippen LogP contribution in [0.3, 0.4) is 0 Å². The van der Waals surface area contributed by atoms with E-state index >= 15 is 0 Å². The molecular formula is C10H21N3O2S. The highest BCUT2D eigenvalue weighted by Crippen LogP contribution is 1.98. The summed E-state index contributed by atoms with van der Waals surface area (Å²) in [4.78, 5) is 24.1. The van der Waals surface area contributed by atoms with Crippen molar-refractivity contribution in [2.24, 2.45) is 5.73 Å². The molecule has 0 fully saturated rings. The number of amides is 2. The second kappa shape index (κ2) is 8.41. The first-order valence-electron chi connectivity index (χ1n) is 5.21. The molecule has 0 aliphatic carbocycles. The third-order valence-electron chi connectivity index (χ3n) is 2.11. The first-order valence-corrected chi connectivity index (χ1v) is 6.60. The molecule has 0 aromatic heterocycles. The first kappa shape index (κ1) is 15.2. The Kier molecular flexibility index (Phi) is 8.01. The summed E-state index contributed by atoms with van der Waals surface area (Å²) in [5, 5.41) is 2.66. The Balaban J connectivity index is 3.68. The van der Waals surface area contributed by atoms with Gasteiger partial charge in [0.15, 0.2) is 0 Å². The highest BCUT2D eigenvalue weighted by atomic mass is 32.2. The smallest absolute Gasteiger partial charge is 0.236 e. The van der Waals surface area contributed by atoms with E-state index in [9.17, 15) is 9.59 Å². The van der Waals surface area contributed by atoms with Crippen LogP contribution in [-0.4, -0.2) is 55.4 Å². The van der Waals surface area contributed by atoms with Crippen LogP contribution in [0.15, 0.2) is 0 Å². The van der Waals surface area contributed by atoms with Crippen molar-refractivity contribution in [3.63, 3.8) is 0 Å². The van der Waals surface area contributed by atoms with Crippen LogP contribution in [0.5, 0.6) is 0 Å². The Morgan fingerprint density at radius 1 is 1.44 bits per heavy atom. The second-order valence-corrected chi connectivity index (χ2v) is 4.70. The summed E-state index contributed by atoms with van der Waals surface area (Å²) >= 11 is 1.66. The molecule has 5 nitrogen and oxygen atoms in total. The van der Waals surface area contributed by atoms with E-state index in [-0.39, 0.29) is 11.8 Å². The topological polar surface area (TPSA) is 75.4 Å². The number of nitrogens with two attached hydrogens (primary N) is 1. The maximum Gasteiger partial charge on any atom is 0.236 e. The summed E-state index contributed by atoms with van der Waals surface area (Å²) in [6, 6.07) is -0.470. The summed E-state index contributed by atoms with van der Waals surface area (Å²) in [5.41, 5.74) is 5.66. The van der Waals surface area contributed by atoms with E-state index in [1.54, 1.807) is 25.9 Å². The zero-order valence-electron chi connectivity index (χ0n) is 10.2. The molecule has 0 unspecified atom stereocenters. The lowest BCUT2D eigenvalue weighted by atomic mass is 10.2. The van der Waals surface area contributed by atoms with Crippen molar-refractivity contribution in [3.05, 3.63) is 0 Å². The number of nitrogens with one attached hydrogen (secondary N) is 1. The lowest BCUT2D eigenvalue weighted by Gasteiger charge is -2.13. The number of hydrogen-bond donors (Lipinski definition) is 2. The Labute approximate surface area is 101 Å². The van der Waals surface area contributed by atoms with Gasteiger partial charge in [-0.15, -0.1) is 0 Å². The highest BCUT2D eigenvalue weighted by molar-refractivity contribution is 7.98. The monoisotopic (exact) mass is 247 g/mol. The average Bonchev–Trinajstić information content (AvgIpc) is 2.25. The van der Waals surface area contributed by atoms with Crippen LogP contribution < -0.4 is 11.1 Å². The molecule has 1 atom stereocenters. The van der Waals surface area contributed by atoms with Gasteiger partial charge in [0, 0.05) is 27.1 Å². The van der Waals surface area contributed by atoms with E-state index < -0.39 is 6.04 Å². The van der Waals surface area contributed by atoms with Crippen LogP contribution >= 0.6 is 11.8 Å². The van der Waals surface area contributed by atoms with Gasteiger partial charge in [-0.05, 0) is 18.4 Å². The van der Waals surface area contributed by atoms with Crippen molar-refractivity contribution in [1.29, 1.82) is 0 Å². The summed E-state index contributed by atoms with van der Waals surface area (Å²) in [6.45, 7) is 0.350. The Hall–Kier alpha value is -0.750. The quantitative estimate of drug-likeness (QED) is 0.645. The van der Waals surface area contributed by atoms with E-state index in [1.165, 1.54) is 4.90 Å². The van der Waals surface area contributed by atoms with Crippen LogP contribution in [0.1, 0.15) is 12.8 Å². The molecule has 0 saturated carbocycles. The number of carbonyl (C=O) groups excluding carboxylic acids is 2. The molecule has 2 amide bonds. The molecule has 16 heavy (non-hydrogen) atoms. The number of rotatable bonds is 7. The van der Waals surface area contributed by atoms with Crippen LogP contribution in [0, 0.1) is 0 Å². The van der Waals surface area contributed by atoms with Crippen LogP contribution in [0.25, 0.3) is 0 Å². The SMILES string of the molecule is CSCC[C@H](N)C(=O)NCCC(=O)N(C)C. The van der Waals surface area contributed by atoms with Crippen molar-refractivity contribution in [1.82, 2.24) is 10.2 Å². The first-order chi connectivity index (χ1) is 7.49. The van der Waals surface area contributed by atoms with Gasteiger partial charge < -0.3 is 16.0 Å². The summed E-state index contributed by atoms with van der Waals surface area (Å²) in [6.07, 6.45) is 2.95. The fourth-order valence-electron chi connectivity index (χ4n) is 1.02. The lowest BCUT2D eigenvalue weighted by Crippen LogP contribution is -2.42. The summed E-state index contributed by atoms with van der Waals surface area (Å²) in [7, 11) is 3.38. The fraction of sp³-hybridized carbons (Fsp3) is 0.800. The molecule has 0 spiro atoms. The zero-order valence-corrected chi connectivity index (χ0v) is 11.0. The second-order valence-electron chi connectivity index (χ2n) is 3.72. The van der Waals surface area contributed by atoms with Gasteiger partial charge in [0.05, 0.1) is 6.04 Å². The molecule has 6 heteroatoms. The Morgan fingerprint density at radius 2 is 2.06 bits per heavy atom. The molecule has 0 radical (unpaired) electrons. The molecular weight excluding hydrogens is 226 g/mol. The van der Waals surface area contributed by atoms with Gasteiger partial charge in [-0.1, -0.05) is 0 Å². The van der Waals surface area contributed by atoms with Crippen LogP contribution in [-0.2, 0) is 9.59 Å². The van der Waals surface area contributed by atoms with E-state index in [0.717, 1.165) is 5.75 Å². The Bertz CT molecular complexity index is 234. The van der Waals surface area contributed by atoms with Gasteiger partial charge in [-0.25, -0.2) is 0 Å².